The summed E-state index contributed by atoms with van der Waals surface area (Å²) in [5.74, 6) is 0.716. The van der Waals surface area contributed by atoms with Crippen LogP contribution in [-0.4, -0.2) is 48.0 Å². The first-order valence-corrected chi connectivity index (χ1v) is 5.55. The second-order valence-electron chi connectivity index (χ2n) is 3.83. The molecule has 0 bridgehead atoms. The van der Waals surface area contributed by atoms with E-state index in [1.165, 1.54) is 0 Å². The van der Waals surface area contributed by atoms with Gasteiger partial charge in [-0.1, -0.05) is 0 Å². The minimum Gasteiger partial charge on any atom is -0.347 e. The number of carbonyl (C=O) groups is 1. The van der Waals surface area contributed by atoms with Gasteiger partial charge in [0, 0.05) is 39.6 Å². The zero-order valence-electron chi connectivity index (χ0n) is 10.6. The molecule has 0 aliphatic carbocycles. The third-order valence-corrected chi connectivity index (χ3v) is 2.45. The van der Waals surface area contributed by atoms with Gasteiger partial charge >= 0.3 is 0 Å². The maximum Gasteiger partial charge on any atom is 0.241 e. The Bertz CT molecular complexity index is 380. The first-order valence-electron chi connectivity index (χ1n) is 5.55. The van der Waals surface area contributed by atoms with E-state index in [2.05, 4.69) is 9.97 Å². The predicted octanol–water partition coefficient (Wildman–Crippen LogP) is -0.150. The summed E-state index contributed by atoms with van der Waals surface area (Å²) < 4.78 is 0. The maximum absolute atomic E-state index is 11.7. The monoisotopic (exact) mass is 237 g/mol. The molecule has 1 amide bonds. The van der Waals surface area contributed by atoms with Crippen molar-refractivity contribution in [1.29, 1.82) is 0 Å². The van der Waals surface area contributed by atoms with Gasteiger partial charge in [-0.3, -0.25) is 9.78 Å². The molecule has 0 spiro atoms. The molecule has 0 fully saturated rings. The number of hydrogen-bond acceptors (Lipinski definition) is 5. The molecule has 1 aromatic rings. The van der Waals surface area contributed by atoms with Gasteiger partial charge in [-0.25, -0.2) is 4.98 Å². The number of hydrogen-bond donors (Lipinski definition) is 1. The number of anilines is 1. The smallest absolute Gasteiger partial charge is 0.241 e. The molecule has 6 nitrogen and oxygen atoms in total. The Kier molecular flexibility index (Phi) is 4.84. The van der Waals surface area contributed by atoms with E-state index in [0.717, 1.165) is 0 Å². The fourth-order valence-corrected chi connectivity index (χ4v) is 1.41. The molecule has 0 radical (unpaired) electrons. The van der Waals surface area contributed by atoms with E-state index in [1.54, 1.807) is 31.4 Å². The highest BCUT2D eigenvalue weighted by Gasteiger charge is 2.15. The molecule has 1 aromatic heterocycles. The first kappa shape index (κ1) is 13.4. The number of carbonyl (C=O) groups excluding carboxylic acids is 1. The van der Waals surface area contributed by atoms with Gasteiger partial charge in [-0.2, -0.15) is 0 Å². The van der Waals surface area contributed by atoms with Crippen LogP contribution in [0.1, 0.15) is 12.6 Å². The molecule has 2 N–H and O–H groups in total. The van der Waals surface area contributed by atoms with Gasteiger partial charge in [-0.15, -0.1) is 0 Å². The Morgan fingerprint density at radius 2 is 2.00 bits per heavy atom. The van der Waals surface area contributed by atoms with E-state index >= 15 is 0 Å². The quantitative estimate of drug-likeness (QED) is 0.770. The highest BCUT2D eigenvalue weighted by Crippen LogP contribution is 2.13. The largest absolute Gasteiger partial charge is 0.347 e. The minimum absolute atomic E-state index is 0.0282. The van der Waals surface area contributed by atoms with Gasteiger partial charge in [-0.05, 0) is 6.92 Å². The molecule has 1 heterocycles. The summed E-state index contributed by atoms with van der Waals surface area (Å²) in [6, 6.07) is 0. The van der Waals surface area contributed by atoms with Crippen molar-refractivity contribution >= 4 is 11.7 Å². The molecular formula is C11H19N5O. The van der Waals surface area contributed by atoms with E-state index in [9.17, 15) is 4.79 Å². The van der Waals surface area contributed by atoms with Crippen LogP contribution < -0.4 is 10.6 Å². The van der Waals surface area contributed by atoms with Gasteiger partial charge in [0.1, 0.15) is 0 Å². The standard InChI is InChI=1S/C11H19N5O/c1-4-16(8-10(17)15(2)3)11-9(7-12)13-5-6-14-11/h5-6H,4,7-8,12H2,1-3H3. The lowest BCUT2D eigenvalue weighted by Crippen LogP contribution is -2.37. The number of likely N-dealkylation sites (N-methyl/N-ethyl adjacent to an activating group) is 2. The van der Waals surface area contributed by atoms with Crippen molar-refractivity contribution in [2.75, 3.05) is 32.1 Å². The second kappa shape index (κ2) is 6.15. The summed E-state index contributed by atoms with van der Waals surface area (Å²) in [7, 11) is 3.47. The number of rotatable bonds is 5. The lowest BCUT2D eigenvalue weighted by Gasteiger charge is -2.24. The molecule has 94 valence electrons. The van der Waals surface area contributed by atoms with Crippen LogP contribution in [0.4, 0.5) is 5.82 Å². The molecule has 0 saturated carbocycles. The summed E-state index contributed by atoms with van der Waals surface area (Å²) in [6.45, 7) is 3.26. The Morgan fingerprint density at radius 3 is 2.53 bits per heavy atom. The lowest BCUT2D eigenvalue weighted by molar-refractivity contribution is -0.127. The zero-order valence-corrected chi connectivity index (χ0v) is 10.6. The van der Waals surface area contributed by atoms with Crippen LogP contribution in [0.5, 0.6) is 0 Å². The van der Waals surface area contributed by atoms with E-state index in [-0.39, 0.29) is 12.5 Å². The summed E-state index contributed by atoms with van der Waals surface area (Å²) in [4.78, 5) is 23.5. The Labute approximate surface area is 101 Å². The molecule has 6 heteroatoms. The Balaban J connectivity index is 2.89. The molecule has 0 saturated heterocycles. The molecule has 0 atom stereocenters. The van der Waals surface area contributed by atoms with Gasteiger partial charge in [0.05, 0.1) is 12.2 Å². The Hall–Kier alpha value is -1.69. The maximum atomic E-state index is 11.7. The summed E-state index contributed by atoms with van der Waals surface area (Å²) >= 11 is 0. The Morgan fingerprint density at radius 1 is 1.35 bits per heavy atom. The van der Waals surface area contributed by atoms with Gasteiger partial charge in [0.15, 0.2) is 5.82 Å². The van der Waals surface area contributed by atoms with E-state index < -0.39 is 0 Å². The molecule has 17 heavy (non-hydrogen) atoms. The molecule has 0 aliphatic heterocycles. The molecule has 1 rings (SSSR count). The second-order valence-corrected chi connectivity index (χ2v) is 3.83. The van der Waals surface area contributed by atoms with Crippen molar-refractivity contribution < 1.29 is 4.79 Å². The van der Waals surface area contributed by atoms with Crippen molar-refractivity contribution in [3.63, 3.8) is 0 Å². The third-order valence-electron chi connectivity index (χ3n) is 2.45. The van der Waals surface area contributed by atoms with E-state index in [4.69, 9.17) is 5.73 Å². The van der Waals surface area contributed by atoms with Crippen molar-refractivity contribution in [2.24, 2.45) is 5.73 Å². The van der Waals surface area contributed by atoms with Crippen molar-refractivity contribution in [3.05, 3.63) is 18.1 Å². The number of nitrogens with two attached hydrogens (primary N) is 1. The van der Waals surface area contributed by atoms with Crippen molar-refractivity contribution in [2.45, 2.75) is 13.5 Å². The van der Waals surface area contributed by atoms with Gasteiger partial charge in [0.25, 0.3) is 0 Å². The number of amides is 1. The van der Waals surface area contributed by atoms with E-state index in [0.29, 0.717) is 24.6 Å². The van der Waals surface area contributed by atoms with Gasteiger partial charge in [0.2, 0.25) is 5.91 Å². The third kappa shape index (κ3) is 3.39. The normalized spacial score (nSPS) is 10.1. The highest BCUT2D eigenvalue weighted by molar-refractivity contribution is 5.80. The van der Waals surface area contributed by atoms with Gasteiger partial charge < -0.3 is 15.5 Å². The fraction of sp³-hybridized carbons (Fsp3) is 0.545. The molecule has 0 unspecified atom stereocenters. The van der Waals surface area contributed by atoms with Crippen LogP contribution in [0.2, 0.25) is 0 Å². The topological polar surface area (TPSA) is 75.4 Å². The number of aromatic nitrogens is 2. The minimum atomic E-state index is 0.0282. The van der Waals surface area contributed by atoms with Crippen LogP contribution >= 0.6 is 0 Å². The average molecular weight is 237 g/mol. The van der Waals surface area contributed by atoms with Crippen LogP contribution in [0, 0.1) is 0 Å². The summed E-state index contributed by atoms with van der Waals surface area (Å²) in [6.07, 6.45) is 3.21. The number of nitrogens with zero attached hydrogens (tertiary/aromatic N) is 4. The zero-order chi connectivity index (χ0) is 12.8. The van der Waals surface area contributed by atoms with E-state index in [1.807, 2.05) is 11.8 Å². The molecule has 0 aliphatic rings. The first-order chi connectivity index (χ1) is 8.10. The summed E-state index contributed by atoms with van der Waals surface area (Å²) in [5, 5.41) is 0. The average Bonchev–Trinajstić information content (AvgIpc) is 2.35. The van der Waals surface area contributed by atoms with Crippen molar-refractivity contribution in [1.82, 2.24) is 14.9 Å². The predicted molar refractivity (Wildman–Crippen MR) is 66.5 cm³/mol. The summed E-state index contributed by atoms with van der Waals surface area (Å²) in [5.41, 5.74) is 6.32. The molecular weight excluding hydrogens is 218 g/mol. The van der Waals surface area contributed by atoms with Crippen LogP contribution in [-0.2, 0) is 11.3 Å². The van der Waals surface area contributed by atoms with Crippen LogP contribution in [0.25, 0.3) is 0 Å². The molecule has 0 aromatic carbocycles. The highest BCUT2D eigenvalue weighted by atomic mass is 16.2. The van der Waals surface area contributed by atoms with Crippen molar-refractivity contribution in [3.8, 4) is 0 Å². The SMILES string of the molecule is CCN(CC(=O)N(C)C)c1nccnc1CN. The van der Waals surface area contributed by atoms with Crippen LogP contribution in [0.15, 0.2) is 12.4 Å². The lowest BCUT2D eigenvalue weighted by atomic mass is 10.3. The fourth-order valence-electron chi connectivity index (χ4n) is 1.41. The van der Waals surface area contributed by atoms with Crippen LogP contribution in [0.3, 0.4) is 0 Å².